The number of piperidine rings is 3. The second-order valence-electron chi connectivity index (χ2n) is 7.29. The summed E-state index contributed by atoms with van der Waals surface area (Å²) in [5.41, 5.74) is 7.17. The van der Waals surface area contributed by atoms with E-state index in [1.165, 1.54) is 48.2 Å². The van der Waals surface area contributed by atoms with Gasteiger partial charge in [0, 0.05) is 6.54 Å². The van der Waals surface area contributed by atoms with Gasteiger partial charge in [-0.2, -0.15) is 0 Å². The van der Waals surface area contributed by atoms with Crippen LogP contribution in [0.2, 0.25) is 0 Å². The molecule has 1 aliphatic carbocycles. The second kappa shape index (κ2) is 5.78. The van der Waals surface area contributed by atoms with Crippen LogP contribution >= 0.6 is 0 Å². The Morgan fingerprint density at radius 1 is 1.00 bits per heavy atom. The Hall–Kier alpha value is -2.06. The highest BCUT2D eigenvalue weighted by atomic mass is 16.5. The number of nitrogens with zero attached hydrogens (tertiary/aromatic N) is 1. The third-order valence-corrected chi connectivity index (χ3v) is 5.88. The van der Waals surface area contributed by atoms with Crippen molar-refractivity contribution in [1.82, 2.24) is 4.90 Å². The molecular weight excluding hydrogens is 294 g/mol. The zero-order valence-corrected chi connectivity index (χ0v) is 14.0. The molecular formula is C22H23NO. The fourth-order valence-corrected chi connectivity index (χ4v) is 4.54. The van der Waals surface area contributed by atoms with Crippen molar-refractivity contribution in [3.63, 3.8) is 0 Å². The Morgan fingerprint density at radius 2 is 1.83 bits per heavy atom. The van der Waals surface area contributed by atoms with E-state index in [0.717, 1.165) is 24.6 Å². The normalized spacial score (nSPS) is 25.6. The molecule has 0 amide bonds. The van der Waals surface area contributed by atoms with Crippen LogP contribution in [0.25, 0.3) is 11.1 Å². The zero-order valence-electron chi connectivity index (χ0n) is 14.0. The van der Waals surface area contributed by atoms with Gasteiger partial charge in [-0.05, 0) is 78.7 Å². The standard InChI is InChI=1S/C22H23NO/c1-2-4-21-17(3-1)13-19-14-20(5-6-22(19)21)24-12-9-18-15-23-10-7-16(18)8-11-23/h1-6,9,14,16H,7-8,10-13,15H2. The van der Waals surface area contributed by atoms with Crippen LogP contribution in [0.15, 0.2) is 54.1 Å². The summed E-state index contributed by atoms with van der Waals surface area (Å²) in [4.78, 5) is 2.57. The second-order valence-corrected chi connectivity index (χ2v) is 7.29. The fraction of sp³-hybridized carbons (Fsp3) is 0.364. The Labute approximate surface area is 143 Å². The van der Waals surface area contributed by atoms with E-state index in [9.17, 15) is 0 Å². The van der Waals surface area contributed by atoms with E-state index in [0.29, 0.717) is 6.61 Å². The van der Waals surface area contributed by atoms with Crippen LogP contribution in [0.4, 0.5) is 0 Å². The smallest absolute Gasteiger partial charge is 0.120 e. The molecule has 3 saturated heterocycles. The highest BCUT2D eigenvalue weighted by Gasteiger charge is 2.29. The number of benzene rings is 2. The molecule has 4 aliphatic rings. The molecule has 3 fully saturated rings. The minimum atomic E-state index is 0.700. The van der Waals surface area contributed by atoms with Crippen LogP contribution in [0.1, 0.15) is 24.0 Å². The highest BCUT2D eigenvalue weighted by Crippen LogP contribution is 2.38. The minimum Gasteiger partial charge on any atom is -0.490 e. The van der Waals surface area contributed by atoms with Gasteiger partial charge in [-0.3, -0.25) is 4.90 Å². The quantitative estimate of drug-likeness (QED) is 0.668. The summed E-state index contributed by atoms with van der Waals surface area (Å²) in [6.07, 6.45) is 6.03. The van der Waals surface area contributed by atoms with E-state index < -0.39 is 0 Å². The summed E-state index contributed by atoms with van der Waals surface area (Å²) < 4.78 is 6.05. The average Bonchev–Trinajstić information content (AvgIpc) is 3.00. The van der Waals surface area contributed by atoms with Gasteiger partial charge in [0.15, 0.2) is 0 Å². The van der Waals surface area contributed by atoms with Crippen molar-refractivity contribution in [1.29, 1.82) is 0 Å². The van der Waals surface area contributed by atoms with Crippen molar-refractivity contribution >= 4 is 0 Å². The number of fused-ring (bicyclic) bond motifs is 6. The topological polar surface area (TPSA) is 12.5 Å². The Kier molecular flexibility index (Phi) is 3.45. The molecule has 2 aromatic rings. The molecule has 2 nitrogen and oxygen atoms in total. The highest BCUT2D eigenvalue weighted by molar-refractivity contribution is 5.77. The average molecular weight is 317 g/mol. The van der Waals surface area contributed by atoms with Crippen molar-refractivity contribution in [3.8, 4) is 16.9 Å². The predicted octanol–water partition coefficient (Wildman–Crippen LogP) is 4.29. The number of ether oxygens (including phenoxy) is 1. The molecule has 2 bridgehead atoms. The maximum absolute atomic E-state index is 6.05. The van der Waals surface area contributed by atoms with Crippen molar-refractivity contribution in [2.45, 2.75) is 19.3 Å². The number of rotatable bonds is 3. The van der Waals surface area contributed by atoms with Crippen molar-refractivity contribution in [3.05, 3.63) is 65.2 Å². The van der Waals surface area contributed by atoms with Gasteiger partial charge in [0.05, 0.1) is 0 Å². The molecule has 2 aromatic carbocycles. The molecule has 6 rings (SSSR count). The molecule has 3 aliphatic heterocycles. The van der Waals surface area contributed by atoms with Gasteiger partial charge in [0.2, 0.25) is 0 Å². The largest absolute Gasteiger partial charge is 0.490 e. The van der Waals surface area contributed by atoms with E-state index in [1.54, 1.807) is 5.57 Å². The number of hydrogen-bond acceptors (Lipinski definition) is 2. The lowest BCUT2D eigenvalue weighted by molar-refractivity contribution is 0.160. The SMILES string of the molecule is C(COc1ccc2c(c1)Cc1ccccc1-2)=C1CN2CCC1CC2. The number of hydrogen-bond donors (Lipinski definition) is 0. The lowest BCUT2D eigenvalue weighted by Gasteiger charge is -2.41. The van der Waals surface area contributed by atoms with Crippen molar-refractivity contribution in [2.24, 2.45) is 5.92 Å². The lowest BCUT2D eigenvalue weighted by atomic mass is 9.84. The summed E-state index contributed by atoms with van der Waals surface area (Å²) in [7, 11) is 0. The Balaban J connectivity index is 1.29. The van der Waals surface area contributed by atoms with E-state index >= 15 is 0 Å². The monoisotopic (exact) mass is 317 g/mol. The van der Waals surface area contributed by atoms with Gasteiger partial charge in [0.25, 0.3) is 0 Å². The minimum absolute atomic E-state index is 0.700. The van der Waals surface area contributed by atoms with Crippen molar-refractivity contribution in [2.75, 3.05) is 26.2 Å². The maximum atomic E-state index is 6.05. The first-order chi connectivity index (χ1) is 11.9. The van der Waals surface area contributed by atoms with Gasteiger partial charge in [-0.25, -0.2) is 0 Å². The molecule has 3 heterocycles. The summed E-state index contributed by atoms with van der Waals surface area (Å²) in [6, 6.07) is 15.3. The first-order valence-electron chi connectivity index (χ1n) is 9.12. The summed E-state index contributed by atoms with van der Waals surface area (Å²) in [5, 5.41) is 0. The predicted molar refractivity (Wildman–Crippen MR) is 97.4 cm³/mol. The molecule has 24 heavy (non-hydrogen) atoms. The molecule has 0 atom stereocenters. The van der Waals surface area contributed by atoms with Gasteiger partial charge >= 0.3 is 0 Å². The molecule has 2 heteroatoms. The molecule has 0 saturated carbocycles. The van der Waals surface area contributed by atoms with Crippen molar-refractivity contribution < 1.29 is 4.74 Å². The van der Waals surface area contributed by atoms with E-state index in [1.807, 2.05) is 0 Å². The summed E-state index contributed by atoms with van der Waals surface area (Å²) in [5.74, 6) is 1.81. The molecule has 0 N–H and O–H groups in total. The Morgan fingerprint density at radius 3 is 2.67 bits per heavy atom. The Bertz CT molecular complexity index is 799. The molecule has 0 aromatic heterocycles. The van der Waals surface area contributed by atoms with Gasteiger partial charge in [-0.1, -0.05) is 35.9 Å². The van der Waals surface area contributed by atoms with Gasteiger partial charge in [0.1, 0.15) is 12.4 Å². The van der Waals surface area contributed by atoms with Crippen LogP contribution < -0.4 is 4.74 Å². The first kappa shape index (κ1) is 14.3. The molecule has 122 valence electrons. The van der Waals surface area contributed by atoms with Crippen LogP contribution in [0.5, 0.6) is 5.75 Å². The maximum Gasteiger partial charge on any atom is 0.120 e. The van der Waals surface area contributed by atoms with E-state index in [-0.39, 0.29) is 0 Å². The molecule has 0 unspecified atom stereocenters. The van der Waals surface area contributed by atoms with E-state index in [2.05, 4.69) is 53.4 Å². The van der Waals surface area contributed by atoms with Crippen LogP contribution in [-0.2, 0) is 6.42 Å². The zero-order chi connectivity index (χ0) is 15.9. The third-order valence-electron chi connectivity index (χ3n) is 5.88. The van der Waals surface area contributed by atoms with Crippen LogP contribution in [0, 0.1) is 5.92 Å². The fourth-order valence-electron chi connectivity index (χ4n) is 4.54. The summed E-state index contributed by atoms with van der Waals surface area (Å²) >= 11 is 0. The third kappa shape index (κ3) is 2.46. The lowest BCUT2D eigenvalue weighted by Crippen LogP contribution is -2.43. The van der Waals surface area contributed by atoms with Crippen LogP contribution in [0.3, 0.4) is 0 Å². The van der Waals surface area contributed by atoms with Gasteiger partial charge in [-0.15, -0.1) is 0 Å². The van der Waals surface area contributed by atoms with Crippen LogP contribution in [-0.4, -0.2) is 31.1 Å². The molecule has 0 spiro atoms. The summed E-state index contributed by atoms with van der Waals surface area (Å²) in [6.45, 7) is 4.43. The van der Waals surface area contributed by atoms with E-state index in [4.69, 9.17) is 4.74 Å². The molecule has 0 radical (unpaired) electrons. The van der Waals surface area contributed by atoms with Gasteiger partial charge < -0.3 is 4.74 Å². The first-order valence-corrected chi connectivity index (χ1v) is 9.12.